The Balaban J connectivity index is 6.74. The van der Waals surface area contributed by atoms with Gasteiger partial charge in [0.25, 0.3) is 0 Å². The topological polar surface area (TPSA) is 169 Å². The summed E-state index contributed by atoms with van der Waals surface area (Å²) < 4.78 is 30.2. The highest BCUT2D eigenvalue weighted by Crippen LogP contribution is 2.32. The molecule has 4 atom stereocenters. The van der Waals surface area contributed by atoms with Gasteiger partial charge in [0.2, 0.25) is 5.60 Å². The zero-order valence-corrected chi connectivity index (χ0v) is 63.2. The highest BCUT2D eigenvalue weighted by atomic mass is 16.6. The van der Waals surface area contributed by atoms with E-state index in [0.717, 1.165) is 148 Å². The summed E-state index contributed by atoms with van der Waals surface area (Å²) in [5.41, 5.74) is -2.91. The van der Waals surface area contributed by atoms with E-state index in [2.05, 4.69) is 76.3 Å². The van der Waals surface area contributed by atoms with Crippen LogP contribution in [0.15, 0.2) is 48.6 Å². The normalized spacial score (nSPS) is 13.4. The largest absolute Gasteiger partial charge is 0.462 e. The van der Waals surface area contributed by atoms with Gasteiger partial charge < -0.3 is 28.8 Å². The van der Waals surface area contributed by atoms with Crippen LogP contribution in [0.2, 0.25) is 0 Å². The Morgan fingerprint density at radius 1 is 0.281 bits per heavy atom. The molecule has 0 aliphatic rings. The first-order valence-electron chi connectivity index (χ1n) is 40.7. The molecule has 0 aliphatic heterocycles. The van der Waals surface area contributed by atoms with Crippen LogP contribution in [0, 0.1) is 0 Å². The predicted molar refractivity (Wildman–Crippen MR) is 400 cm³/mol. The minimum Gasteiger partial charge on any atom is -0.462 e. The molecular formula is C84H150O12. The highest BCUT2D eigenvalue weighted by Gasteiger charge is 2.58. The number of ether oxygens (including phenoxy) is 5. The Morgan fingerprint density at radius 2 is 0.552 bits per heavy atom. The molecule has 0 fully saturated rings. The van der Waals surface area contributed by atoms with E-state index in [-0.39, 0.29) is 44.9 Å². The van der Waals surface area contributed by atoms with Crippen LogP contribution in [-0.2, 0) is 52.5 Å². The summed E-state index contributed by atoms with van der Waals surface area (Å²) in [5, 5.41) is 13.5. The molecule has 12 nitrogen and oxygen atoms in total. The van der Waals surface area contributed by atoms with E-state index in [1.165, 1.54) is 148 Å². The first-order valence-corrected chi connectivity index (χ1v) is 40.7. The Kier molecular flexibility index (Phi) is 67.8. The molecule has 1 N–H and O–H groups in total. The lowest BCUT2D eigenvalue weighted by molar-refractivity contribution is -0.226. The Morgan fingerprint density at radius 3 is 0.917 bits per heavy atom. The average molecular weight is 1350 g/mol. The number of rotatable bonds is 73. The van der Waals surface area contributed by atoms with Crippen molar-refractivity contribution in [3.8, 4) is 0 Å². The van der Waals surface area contributed by atoms with E-state index < -0.39 is 72.8 Å². The smallest absolute Gasteiger partial charge is 0.306 e. The van der Waals surface area contributed by atoms with E-state index in [9.17, 15) is 33.9 Å². The fourth-order valence-electron chi connectivity index (χ4n) is 12.2. The fourth-order valence-corrected chi connectivity index (χ4v) is 12.2. The first kappa shape index (κ1) is 91.9. The molecule has 558 valence electrons. The van der Waals surface area contributed by atoms with Gasteiger partial charge in [-0.25, -0.2) is 0 Å². The lowest BCUT2D eigenvalue weighted by Crippen LogP contribution is -2.66. The van der Waals surface area contributed by atoms with Crippen LogP contribution in [0.25, 0.3) is 0 Å². The second-order valence-electron chi connectivity index (χ2n) is 27.7. The molecular weight excluding hydrogens is 1200 g/mol. The number of Topliss-reactive ketones (excluding diaryl/α,β-unsaturated/α-hetero) is 1. The molecule has 0 aliphatic carbocycles. The summed E-state index contributed by atoms with van der Waals surface area (Å²) in [6.45, 7) is 11.1. The van der Waals surface area contributed by atoms with Gasteiger partial charge in [-0.2, -0.15) is 0 Å². The zero-order chi connectivity index (χ0) is 70.3. The number of aliphatic hydroxyl groups is 1. The van der Waals surface area contributed by atoms with Crippen LogP contribution >= 0.6 is 0 Å². The van der Waals surface area contributed by atoms with Gasteiger partial charge in [-0.3, -0.25) is 28.8 Å². The molecule has 12 heteroatoms. The van der Waals surface area contributed by atoms with E-state index in [1.807, 2.05) is 6.92 Å². The van der Waals surface area contributed by atoms with Crippen molar-refractivity contribution in [1.29, 1.82) is 0 Å². The van der Waals surface area contributed by atoms with Crippen LogP contribution in [-0.4, -0.2) is 77.9 Å². The SMILES string of the molecule is CCCCC/C=C\C/C=C\CCCCCCCC(=O)OCC(OC(=O)CCCCCCC/C=C\CCCCCCCC)C(O)(C(=O)CCC)C(OC(=O)CCCCCCCCCCCCCCC)C(COC(=O)CCC)OC(=O)CCCCCCC/C=C\CCCCCCCC. The second-order valence-corrected chi connectivity index (χ2v) is 27.7. The van der Waals surface area contributed by atoms with Crippen molar-refractivity contribution in [3.05, 3.63) is 48.6 Å². The molecule has 4 unspecified atom stereocenters. The molecule has 0 aromatic rings. The number of hydrogen-bond donors (Lipinski definition) is 1. The quantitative estimate of drug-likeness (QED) is 0.0265. The Labute approximate surface area is 590 Å². The summed E-state index contributed by atoms with van der Waals surface area (Å²) in [5.74, 6) is -4.24. The Bertz CT molecular complexity index is 1940. The van der Waals surface area contributed by atoms with E-state index in [4.69, 9.17) is 23.7 Å². The van der Waals surface area contributed by atoms with Crippen LogP contribution in [0.5, 0.6) is 0 Å². The minimum atomic E-state index is -2.91. The van der Waals surface area contributed by atoms with Gasteiger partial charge in [-0.15, -0.1) is 0 Å². The summed E-state index contributed by atoms with van der Waals surface area (Å²) in [4.78, 5) is 84.5. The van der Waals surface area contributed by atoms with Crippen LogP contribution in [0.1, 0.15) is 414 Å². The maximum atomic E-state index is 15.0. The van der Waals surface area contributed by atoms with Crippen LogP contribution in [0.4, 0.5) is 0 Å². The van der Waals surface area contributed by atoms with Gasteiger partial charge in [0.05, 0.1) is 0 Å². The van der Waals surface area contributed by atoms with E-state index in [0.29, 0.717) is 32.1 Å². The number of hydrogen-bond acceptors (Lipinski definition) is 12. The minimum absolute atomic E-state index is 0.0152. The van der Waals surface area contributed by atoms with Gasteiger partial charge in [0.15, 0.2) is 24.1 Å². The summed E-state index contributed by atoms with van der Waals surface area (Å²) in [7, 11) is 0. The van der Waals surface area contributed by atoms with Crippen LogP contribution < -0.4 is 0 Å². The first-order chi connectivity index (χ1) is 46.9. The maximum Gasteiger partial charge on any atom is 0.306 e. The third kappa shape index (κ3) is 56.8. The van der Waals surface area contributed by atoms with Gasteiger partial charge in [0, 0.05) is 38.5 Å². The molecule has 0 rings (SSSR count). The molecule has 96 heavy (non-hydrogen) atoms. The molecule has 0 saturated carbocycles. The van der Waals surface area contributed by atoms with Gasteiger partial charge in [-0.1, -0.05) is 302 Å². The monoisotopic (exact) mass is 1350 g/mol. The number of allylic oxidation sites excluding steroid dienone is 8. The maximum absolute atomic E-state index is 15.0. The zero-order valence-electron chi connectivity index (χ0n) is 63.2. The van der Waals surface area contributed by atoms with Crippen molar-refractivity contribution in [3.63, 3.8) is 0 Å². The second kappa shape index (κ2) is 70.8. The predicted octanol–water partition coefficient (Wildman–Crippen LogP) is 24.1. The lowest BCUT2D eigenvalue weighted by Gasteiger charge is -2.41. The van der Waals surface area contributed by atoms with Gasteiger partial charge >= 0.3 is 29.8 Å². The summed E-state index contributed by atoms with van der Waals surface area (Å²) >= 11 is 0. The highest BCUT2D eigenvalue weighted by molar-refractivity contribution is 5.90. The van der Waals surface area contributed by atoms with Crippen molar-refractivity contribution < 1.29 is 57.6 Å². The van der Waals surface area contributed by atoms with Crippen molar-refractivity contribution in [2.45, 2.75) is 438 Å². The molecule has 0 saturated heterocycles. The molecule has 0 radical (unpaired) electrons. The third-order valence-electron chi connectivity index (χ3n) is 18.4. The standard InChI is InChI=1S/C84H150O12/c1-7-13-17-21-25-29-33-37-40-44-47-51-55-59-63-69-79(87)93-74-77(95-81(89)71-65-61-57-53-50-46-42-39-35-31-27-23-19-15-9-3)84(91,76(85)67-11-5)83(96-82(90)72-66-62-58-54-48-43-36-32-28-24-20-16-10-4)75(73-92-78(86)68-12-6)94-80(88)70-64-60-56-52-49-45-41-38-34-30-26-22-18-14-8-2/h25,29,37-42,75,77,83,91H,7-24,26-28,30-36,43-74H2,1-6H3/b29-25-,40-37-,41-38-,42-39-. The van der Waals surface area contributed by atoms with Crippen LogP contribution in [0.3, 0.4) is 0 Å². The number of ketones is 1. The van der Waals surface area contributed by atoms with E-state index >= 15 is 0 Å². The Hall–Kier alpha value is -4.06. The molecule has 0 aromatic heterocycles. The molecule has 0 bridgehead atoms. The van der Waals surface area contributed by atoms with Crippen molar-refractivity contribution >= 4 is 35.6 Å². The molecule has 0 aromatic carbocycles. The number of esters is 5. The number of carbonyl (C=O) groups is 6. The fraction of sp³-hybridized carbons (Fsp3) is 0.833. The third-order valence-corrected chi connectivity index (χ3v) is 18.4. The molecule has 0 amide bonds. The molecule has 0 heterocycles. The average Bonchev–Trinajstić information content (AvgIpc) is 0.785. The van der Waals surface area contributed by atoms with Gasteiger partial charge in [0.1, 0.15) is 13.2 Å². The number of unbranched alkanes of at least 4 members (excludes halogenated alkanes) is 42. The summed E-state index contributed by atoms with van der Waals surface area (Å²) in [6.07, 6.45) is 66.6. The van der Waals surface area contributed by atoms with E-state index in [1.54, 1.807) is 6.92 Å². The van der Waals surface area contributed by atoms with Crippen molar-refractivity contribution in [1.82, 2.24) is 0 Å². The molecule has 0 spiro atoms. The van der Waals surface area contributed by atoms with Crippen molar-refractivity contribution in [2.24, 2.45) is 0 Å². The van der Waals surface area contributed by atoms with Crippen molar-refractivity contribution in [2.75, 3.05) is 13.2 Å². The summed E-state index contributed by atoms with van der Waals surface area (Å²) in [6, 6.07) is 0. The van der Waals surface area contributed by atoms with Gasteiger partial charge in [-0.05, 0) is 122 Å². The number of carbonyl (C=O) groups excluding carboxylic acids is 6. The lowest BCUT2D eigenvalue weighted by atomic mass is 9.81.